The fraction of sp³-hybridized carbons (Fsp3) is 0.190. The SMILES string of the molecule is O=C([C@@H](Cc1ccccc1)N1C(=O)c2ccccc2C1=O)N1C=CSCC1. The van der Waals surface area contributed by atoms with Crippen molar-refractivity contribution in [3.8, 4) is 0 Å². The van der Waals surface area contributed by atoms with Crippen LogP contribution in [-0.4, -0.2) is 45.9 Å². The van der Waals surface area contributed by atoms with Crippen LogP contribution in [0.5, 0.6) is 0 Å². The number of fused-ring (bicyclic) bond motifs is 1. The first-order valence-corrected chi connectivity index (χ1v) is 9.81. The first-order valence-electron chi connectivity index (χ1n) is 8.76. The lowest BCUT2D eigenvalue weighted by Gasteiger charge is -2.31. The van der Waals surface area contributed by atoms with E-state index in [2.05, 4.69) is 0 Å². The van der Waals surface area contributed by atoms with Crippen molar-refractivity contribution in [3.63, 3.8) is 0 Å². The predicted molar refractivity (Wildman–Crippen MR) is 104 cm³/mol. The van der Waals surface area contributed by atoms with Gasteiger partial charge in [0, 0.05) is 24.9 Å². The number of imide groups is 1. The molecule has 1 atom stereocenters. The quantitative estimate of drug-likeness (QED) is 0.768. The van der Waals surface area contributed by atoms with Crippen LogP contribution < -0.4 is 0 Å². The predicted octanol–water partition coefficient (Wildman–Crippen LogP) is 2.94. The van der Waals surface area contributed by atoms with Gasteiger partial charge < -0.3 is 4.90 Å². The standard InChI is InChI=1S/C21H18N2O3S/c24-19-16-8-4-5-9-17(16)20(25)23(19)18(14-15-6-2-1-3-7-15)21(26)22-10-12-27-13-11-22/h1-10,12,18H,11,13-14H2/t18-/m1/s1. The molecule has 6 heteroatoms. The highest BCUT2D eigenvalue weighted by Crippen LogP contribution is 2.27. The minimum absolute atomic E-state index is 0.232. The molecule has 136 valence electrons. The number of hydrogen-bond donors (Lipinski definition) is 0. The minimum atomic E-state index is -0.868. The Hall–Kier alpha value is -2.86. The monoisotopic (exact) mass is 378 g/mol. The molecule has 0 aromatic heterocycles. The van der Waals surface area contributed by atoms with Crippen LogP contribution in [0.3, 0.4) is 0 Å². The number of rotatable bonds is 4. The Morgan fingerprint density at radius 1 is 0.963 bits per heavy atom. The summed E-state index contributed by atoms with van der Waals surface area (Å²) in [6.07, 6.45) is 2.02. The van der Waals surface area contributed by atoms with E-state index in [1.165, 1.54) is 0 Å². The molecular formula is C21H18N2O3S. The van der Waals surface area contributed by atoms with Crippen molar-refractivity contribution in [1.29, 1.82) is 0 Å². The van der Waals surface area contributed by atoms with Gasteiger partial charge in [-0.2, -0.15) is 0 Å². The molecule has 2 aliphatic heterocycles. The van der Waals surface area contributed by atoms with Crippen molar-refractivity contribution in [2.24, 2.45) is 0 Å². The molecule has 0 saturated heterocycles. The number of hydrogen-bond acceptors (Lipinski definition) is 4. The molecule has 0 aliphatic carbocycles. The molecule has 27 heavy (non-hydrogen) atoms. The zero-order chi connectivity index (χ0) is 18.8. The maximum Gasteiger partial charge on any atom is 0.262 e. The van der Waals surface area contributed by atoms with Crippen LogP contribution in [0.25, 0.3) is 0 Å². The molecule has 0 radical (unpaired) electrons. The fourth-order valence-electron chi connectivity index (χ4n) is 3.40. The first-order chi connectivity index (χ1) is 13.2. The summed E-state index contributed by atoms with van der Waals surface area (Å²) in [5.74, 6) is -0.243. The maximum absolute atomic E-state index is 13.3. The zero-order valence-electron chi connectivity index (χ0n) is 14.6. The molecular weight excluding hydrogens is 360 g/mol. The summed E-state index contributed by atoms with van der Waals surface area (Å²) < 4.78 is 0. The third-order valence-electron chi connectivity index (χ3n) is 4.76. The van der Waals surface area contributed by atoms with E-state index >= 15 is 0 Å². The van der Waals surface area contributed by atoms with Crippen LogP contribution in [0, 0.1) is 0 Å². The molecule has 2 aromatic rings. The van der Waals surface area contributed by atoms with Gasteiger partial charge in [-0.1, -0.05) is 42.5 Å². The van der Waals surface area contributed by atoms with Crippen LogP contribution >= 0.6 is 11.8 Å². The normalized spacial score (nSPS) is 17.2. The van der Waals surface area contributed by atoms with E-state index in [1.54, 1.807) is 47.1 Å². The Labute approximate surface area is 161 Å². The van der Waals surface area contributed by atoms with Gasteiger partial charge in [-0.15, -0.1) is 11.8 Å². The number of nitrogens with zero attached hydrogens (tertiary/aromatic N) is 2. The van der Waals surface area contributed by atoms with Crippen molar-refractivity contribution in [2.45, 2.75) is 12.5 Å². The molecule has 0 fully saturated rings. The highest BCUT2D eigenvalue weighted by atomic mass is 32.2. The van der Waals surface area contributed by atoms with Crippen molar-refractivity contribution < 1.29 is 14.4 Å². The molecule has 2 aliphatic rings. The van der Waals surface area contributed by atoms with Gasteiger partial charge >= 0.3 is 0 Å². The van der Waals surface area contributed by atoms with Crippen LogP contribution in [0.2, 0.25) is 0 Å². The Bertz CT molecular complexity index is 891. The van der Waals surface area contributed by atoms with Gasteiger partial charge in [-0.05, 0) is 23.1 Å². The van der Waals surface area contributed by atoms with E-state index in [0.717, 1.165) is 16.2 Å². The molecule has 4 rings (SSSR count). The fourth-order valence-corrected chi connectivity index (χ4v) is 4.07. The molecule has 0 bridgehead atoms. The third-order valence-corrected chi connectivity index (χ3v) is 5.50. The highest BCUT2D eigenvalue weighted by molar-refractivity contribution is 8.02. The van der Waals surface area contributed by atoms with Crippen molar-refractivity contribution in [3.05, 3.63) is 82.9 Å². The number of thioether (sulfide) groups is 1. The van der Waals surface area contributed by atoms with E-state index < -0.39 is 17.9 Å². The zero-order valence-corrected chi connectivity index (χ0v) is 15.4. The second-order valence-electron chi connectivity index (χ2n) is 6.42. The molecule has 3 amide bonds. The van der Waals surface area contributed by atoms with E-state index in [0.29, 0.717) is 24.1 Å². The summed E-state index contributed by atoms with van der Waals surface area (Å²) in [6.45, 7) is 0.564. The van der Waals surface area contributed by atoms with E-state index in [4.69, 9.17) is 0 Å². The molecule has 2 aromatic carbocycles. The lowest BCUT2D eigenvalue weighted by Crippen LogP contribution is -2.51. The lowest BCUT2D eigenvalue weighted by molar-refractivity contribution is -0.132. The largest absolute Gasteiger partial charge is 0.316 e. The summed E-state index contributed by atoms with van der Waals surface area (Å²) >= 11 is 1.63. The lowest BCUT2D eigenvalue weighted by atomic mass is 10.0. The van der Waals surface area contributed by atoms with E-state index in [-0.39, 0.29) is 5.91 Å². The summed E-state index contributed by atoms with van der Waals surface area (Å²) in [6, 6.07) is 15.3. The summed E-state index contributed by atoms with van der Waals surface area (Å²) in [7, 11) is 0. The average Bonchev–Trinajstić information content (AvgIpc) is 2.98. The number of amides is 3. The topological polar surface area (TPSA) is 57.7 Å². The van der Waals surface area contributed by atoms with Crippen molar-refractivity contribution in [1.82, 2.24) is 9.80 Å². The number of benzene rings is 2. The third kappa shape index (κ3) is 3.28. The van der Waals surface area contributed by atoms with Crippen molar-refractivity contribution >= 4 is 29.5 Å². The minimum Gasteiger partial charge on any atom is -0.316 e. The Kier molecular flexibility index (Phi) is 4.81. The van der Waals surface area contributed by atoms with Crippen LogP contribution in [0.15, 0.2) is 66.2 Å². The number of carbonyl (C=O) groups excluding carboxylic acids is 3. The second kappa shape index (κ2) is 7.40. The van der Waals surface area contributed by atoms with E-state index in [1.807, 2.05) is 35.7 Å². The van der Waals surface area contributed by atoms with Crippen LogP contribution in [0.1, 0.15) is 26.3 Å². The van der Waals surface area contributed by atoms with Gasteiger partial charge in [-0.25, -0.2) is 0 Å². The molecule has 0 spiro atoms. The Balaban J connectivity index is 1.71. The molecule has 0 N–H and O–H groups in total. The van der Waals surface area contributed by atoms with Gasteiger partial charge in [0.05, 0.1) is 11.1 Å². The summed E-state index contributed by atoms with van der Waals surface area (Å²) in [5.41, 5.74) is 1.62. The van der Waals surface area contributed by atoms with Gasteiger partial charge in [0.25, 0.3) is 11.8 Å². The summed E-state index contributed by atoms with van der Waals surface area (Å²) in [4.78, 5) is 41.9. The van der Waals surface area contributed by atoms with Crippen LogP contribution in [0.4, 0.5) is 0 Å². The molecule has 2 heterocycles. The maximum atomic E-state index is 13.3. The van der Waals surface area contributed by atoms with Gasteiger partial charge in [0.2, 0.25) is 5.91 Å². The average molecular weight is 378 g/mol. The first kappa shape index (κ1) is 17.5. The smallest absolute Gasteiger partial charge is 0.262 e. The Morgan fingerprint density at radius 2 is 1.59 bits per heavy atom. The molecule has 0 unspecified atom stereocenters. The van der Waals surface area contributed by atoms with Gasteiger partial charge in [-0.3, -0.25) is 19.3 Å². The van der Waals surface area contributed by atoms with Gasteiger partial charge in [0.1, 0.15) is 6.04 Å². The Morgan fingerprint density at radius 3 is 2.19 bits per heavy atom. The summed E-state index contributed by atoms with van der Waals surface area (Å²) in [5, 5.41) is 1.86. The second-order valence-corrected chi connectivity index (χ2v) is 7.43. The van der Waals surface area contributed by atoms with E-state index in [9.17, 15) is 14.4 Å². The number of carbonyl (C=O) groups is 3. The highest BCUT2D eigenvalue weighted by Gasteiger charge is 2.43. The van der Waals surface area contributed by atoms with Crippen molar-refractivity contribution in [2.75, 3.05) is 12.3 Å². The molecule has 5 nitrogen and oxygen atoms in total. The molecule has 0 saturated carbocycles. The van der Waals surface area contributed by atoms with Crippen LogP contribution in [-0.2, 0) is 11.2 Å². The van der Waals surface area contributed by atoms with Gasteiger partial charge in [0.15, 0.2) is 0 Å².